The number of nitriles is 1. The number of ether oxygens (including phenoxy) is 2. The van der Waals surface area contributed by atoms with Gasteiger partial charge in [0, 0.05) is 32.0 Å². The van der Waals surface area contributed by atoms with E-state index in [9.17, 15) is 4.79 Å². The minimum atomic E-state index is -0.442. The lowest BCUT2D eigenvalue weighted by Gasteiger charge is -2.47. The number of piperidine rings is 1. The SMILES string of the molecule is CN1CC(CC#N)C[N+]2(C)NC(N)C(C(=O)NC3CNCCC3O[C@H]3CCOC3)C12. The summed E-state index contributed by atoms with van der Waals surface area (Å²) in [5, 5.41) is 15.7. The Morgan fingerprint density at radius 2 is 2.30 bits per heavy atom. The summed E-state index contributed by atoms with van der Waals surface area (Å²) in [5.74, 6) is -0.144. The highest BCUT2D eigenvalue weighted by molar-refractivity contribution is 5.80. The number of carbonyl (C=O) groups is 1. The molecular formula is C20H36N7O3+. The first-order valence-corrected chi connectivity index (χ1v) is 11.1. The molecule has 4 aliphatic heterocycles. The first-order valence-electron chi connectivity index (χ1n) is 11.1. The Morgan fingerprint density at radius 1 is 1.47 bits per heavy atom. The van der Waals surface area contributed by atoms with Crippen LogP contribution in [0.4, 0.5) is 0 Å². The maximum atomic E-state index is 13.4. The van der Waals surface area contributed by atoms with Gasteiger partial charge < -0.3 is 25.8 Å². The van der Waals surface area contributed by atoms with E-state index in [1.807, 2.05) is 7.05 Å². The second-order valence-electron chi connectivity index (χ2n) is 9.48. The van der Waals surface area contributed by atoms with E-state index >= 15 is 0 Å². The number of carbonyl (C=O) groups excluding carboxylic acids is 1. The number of amides is 1. The number of nitrogens with zero attached hydrogens (tertiary/aromatic N) is 3. The summed E-state index contributed by atoms with van der Waals surface area (Å²) < 4.78 is 12.2. The summed E-state index contributed by atoms with van der Waals surface area (Å²) in [5.41, 5.74) is 9.86. The molecule has 0 spiro atoms. The molecule has 0 aromatic rings. The van der Waals surface area contributed by atoms with Crippen molar-refractivity contribution in [1.29, 1.82) is 5.26 Å². The number of nitrogens with one attached hydrogen (secondary N) is 3. The molecule has 7 unspecified atom stereocenters. The number of quaternary nitrogens is 1. The van der Waals surface area contributed by atoms with E-state index in [1.54, 1.807) is 0 Å². The van der Waals surface area contributed by atoms with Crippen molar-refractivity contribution in [2.75, 3.05) is 53.5 Å². The number of hydrogen-bond donors (Lipinski definition) is 4. The highest BCUT2D eigenvalue weighted by atomic mass is 16.6. The van der Waals surface area contributed by atoms with Gasteiger partial charge >= 0.3 is 0 Å². The summed E-state index contributed by atoms with van der Waals surface area (Å²) in [6.45, 7) is 4.54. The van der Waals surface area contributed by atoms with Gasteiger partial charge in [0.15, 0.2) is 6.17 Å². The molecule has 4 fully saturated rings. The molecule has 0 saturated carbocycles. The summed E-state index contributed by atoms with van der Waals surface area (Å²) in [4.78, 5) is 15.6. The highest BCUT2D eigenvalue weighted by Gasteiger charge is 2.59. The first-order chi connectivity index (χ1) is 14.4. The van der Waals surface area contributed by atoms with E-state index in [0.29, 0.717) is 24.2 Å². The summed E-state index contributed by atoms with van der Waals surface area (Å²) in [6.07, 6.45) is 1.88. The zero-order valence-corrected chi connectivity index (χ0v) is 18.0. The molecule has 5 N–H and O–H groups in total. The second kappa shape index (κ2) is 9.04. The Balaban J connectivity index is 1.43. The van der Waals surface area contributed by atoms with Crippen LogP contribution < -0.4 is 21.8 Å². The third-order valence-corrected chi connectivity index (χ3v) is 7.06. The summed E-state index contributed by atoms with van der Waals surface area (Å²) in [6, 6.07) is 2.20. The molecule has 0 bridgehead atoms. The fraction of sp³-hybridized carbons (Fsp3) is 0.900. The molecule has 4 aliphatic rings. The number of nitrogens with two attached hydrogens (primary N) is 1. The van der Waals surface area contributed by atoms with Crippen LogP contribution in [0.25, 0.3) is 0 Å². The second-order valence-corrected chi connectivity index (χ2v) is 9.48. The lowest BCUT2D eigenvalue weighted by Crippen LogP contribution is -2.68. The zero-order chi connectivity index (χ0) is 21.3. The Kier molecular flexibility index (Phi) is 6.60. The minimum absolute atomic E-state index is 0.0162. The molecule has 0 aromatic carbocycles. The minimum Gasteiger partial charge on any atom is -0.379 e. The Bertz CT molecular complexity index is 667. The maximum Gasteiger partial charge on any atom is 0.234 e. The van der Waals surface area contributed by atoms with Gasteiger partial charge in [0.1, 0.15) is 18.6 Å². The normalized spacial score (nSPS) is 44.4. The molecule has 0 radical (unpaired) electrons. The van der Waals surface area contributed by atoms with Crippen LogP contribution in [-0.4, -0.2) is 99.5 Å². The van der Waals surface area contributed by atoms with E-state index in [0.717, 1.165) is 39.1 Å². The fourth-order valence-electron chi connectivity index (χ4n) is 5.86. The van der Waals surface area contributed by atoms with E-state index in [-0.39, 0.29) is 42.2 Å². The molecule has 10 nitrogen and oxygen atoms in total. The molecule has 10 heteroatoms. The predicted molar refractivity (Wildman–Crippen MR) is 109 cm³/mol. The van der Waals surface area contributed by atoms with Gasteiger partial charge in [-0.05, 0) is 26.4 Å². The van der Waals surface area contributed by atoms with Crippen molar-refractivity contribution < 1.29 is 18.9 Å². The van der Waals surface area contributed by atoms with Crippen LogP contribution in [0.3, 0.4) is 0 Å². The molecule has 4 rings (SSSR count). The standard InChI is InChI=1S/C20H35N7O3/c1-26-10-13(3-6-21)11-27(2)20(26)17(18(22)25-27)19(28)24-15-9-23-7-4-16(15)30-14-5-8-29-12-14/h13-18,20,23,25H,3-5,7-12,22H2,1-2H3/p+1/t13?,14-,15?,16?,17?,18?,20?,27?/m0/s1. The van der Waals surface area contributed by atoms with E-state index < -0.39 is 6.17 Å². The quantitative estimate of drug-likeness (QED) is 0.387. The molecular weight excluding hydrogens is 386 g/mol. The number of rotatable bonds is 5. The average Bonchev–Trinajstić information content (AvgIpc) is 3.28. The van der Waals surface area contributed by atoms with Gasteiger partial charge in [-0.3, -0.25) is 9.69 Å². The lowest BCUT2D eigenvalue weighted by molar-refractivity contribution is -0.982. The topological polar surface area (TPSA) is 125 Å². The van der Waals surface area contributed by atoms with Crippen LogP contribution in [0.1, 0.15) is 19.3 Å². The van der Waals surface area contributed by atoms with Gasteiger partial charge in [-0.15, -0.1) is 5.43 Å². The molecule has 0 aliphatic carbocycles. The molecule has 168 valence electrons. The third-order valence-electron chi connectivity index (χ3n) is 7.06. The maximum absolute atomic E-state index is 13.4. The molecule has 1 amide bonds. The van der Waals surface area contributed by atoms with Crippen LogP contribution in [0, 0.1) is 23.2 Å². The summed E-state index contributed by atoms with van der Waals surface area (Å²) >= 11 is 0. The highest BCUT2D eigenvalue weighted by Crippen LogP contribution is 2.34. The van der Waals surface area contributed by atoms with Crippen molar-refractivity contribution in [1.82, 2.24) is 21.0 Å². The van der Waals surface area contributed by atoms with Gasteiger partial charge in [0.2, 0.25) is 5.91 Å². The third kappa shape index (κ3) is 4.34. The van der Waals surface area contributed by atoms with Gasteiger partial charge in [-0.25, -0.2) is 4.59 Å². The lowest BCUT2D eigenvalue weighted by atomic mass is 9.94. The largest absolute Gasteiger partial charge is 0.379 e. The first kappa shape index (κ1) is 21.9. The molecule has 8 atom stereocenters. The zero-order valence-electron chi connectivity index (χ0n) is 18.0. The molecule has 4 saturated heterocycles. The molecule has 0 aromatic heterocycles. The van der Waals surface area contributed by atoms with Crippen LogP contribution >= 0.6 is 0 Å². The van der Waals surface area contributed by atoms with Gasteiger partial charge in [0.05, 0.1) is 38.0 Å². The molecule has 4 heterocycles. The average molecular weight is 423 g/mol. The smallest absolute Gasteiger partial charge is 0.234 e. The Hall–Kier alpha value is -1.32. The fourth-order valence-corrected chi connectivity index (χ4v) is 5.86. The van der Waals surface area contributed by atoms with Crippen LogP contribution in [0.5, 0.6) is 0 Å². The van der Waals surface area contributed by atoms with Crippen molar-refractivity contribution in [3.63, 3.8) is 0 Å². The van der Waals surface area contributed by atoms with Gasteiger partial charge in [0.25, 0.3) is 0 Å². The Labute approximate surface area is 178 Å². The van der Waals surface area contributed by atoms with Crippen LogP contribution in [-0.2, 0) is 14.3 Å². The van der Waals surface area contributed by atoms with Crippen molar-refractivity contribution in [2.45, 2.75) is 49.8 Å². The van der Waals surface area contributed by atoms with Crippen molar-refractivity contribution in [3.8, 4) is 6.07 Å². The monoisotopic (exact) mass is 422 g/mol. The van der Waals surface area contributed by atoms with Crippen molar-refractivity contribution in [3.05, 3.63) is 0 Å². The van der Waals surface area contributed by atoms with E-state index in [1.165, 1.54) is 0 Å². The van der Waals surface area contributed by atoms with Gasteiger partial charge in [-0.2, -0.15) is 5.26 Å². The van der Waals surface area contributed by atoms with E-state index in [2.05, 4.69) is 34.1 Å². The van der Waals surface area contributed by atoms with Crippen molar-refractivity contribution >= 4 is 5.91 Å². The van der Waals surface area contributed by atoms with Crippen molar-refractivity contribution in [2.24, 2.45) is 17.6 Å². The number of hydrogen-bond acceptors (Lipinski definition) is 8. The summed E-state index contributed by atoms with van der Waals surface area (Å²) in [7, 11) is 4.10. The Morgan fingerprint density at radius 3 is 3.03 bits per heavy atom. The van der Waals surface area contributed by atoms with Crippen LogP contribution in [0.15, 0.2) is 0 Å². The van der Waals surface area contributed by atoms with Gasteiger partial charge in [-0.1, -0.05) is 0 Å². The predicted octanol–water partition coefficient (Wildman–Crippen LogP) is -1.69. The number of fused-ring (bicyclic) bond motifs is 1. The van der Waals surface area contributed by atoms with E-state index in [4.69, 9.17) is 20.5 Å². The van der Waals surface area contributed by atoms with Crippen LogP contribution in [0.2, 0.25) is 0 Å². The molecule has 30 heavy (non-hydrogen) atoms.